The van der Waals surface area contributed by atoms with Crippen LogP contribution in [0.5, 0.6) is 0 Å². The number of aryl methyl sites for hydroxylation is 1. The number of rotatable bonds is 3. The first-order chi connectivity index (χ1) is 12.8. The Morgan fingerprint density at radius 3 is 3.12 bits per heavy atom. The van der Waals surface area contributed by atoms with Crippen molar-refractivity contribution >= 4 is 27.5 Å². The normalized spacial score (nSPS) is 17.9. The van der Waals surface area contributed by atoms with Gasteiger partial charge in [0.25, 0.3) is 0 Å². The molecule has 1 fully saturated rings. The molecule has 1 aromatic carbocycles. The topological polar surface area (TPSA) is 83.7 Å². The summed E-state index contributed by atoms with van der Waals surface area (Å²) in [4.78, 5) is 10.6. The van der Waals surface area contributed by atoms with Crippen LogP contribution in [-0.2, 0) is 0 Å². The van der Waals surface area contributed by atoms with Crippen LogP contribution < -0.4 is 4.90 Å². The van der Waals surface area contributed by atoms with Crippen LogP contribution in [0.15, 0.2) is 35.1 Å². The number of aromatic amines is 1. The zero-order valence-electron chi connectivity index (χ0n) is 14.3. The zero-order chi connectivity index (χ0) is 17.5. The van der Waals surface area contributed by atoms with Gasteiger partial charge in [-0.3, -0.25) is 0 Å². The van der Waals surface area contributed by atoms with Gasteiger partial charge in [-0.15, -0.1) is 10.2 Å². The molecule has 0 radical (unpaired) electrons. The van der Waals surface area contributed by atoms with Crippen molar-refractivity contribution in [1.29, 1.82) is 0 Å². The van der Waals surface area contributed by atoms with Gasteiger partial charge in [0.1, 0.15) is 17.8 Å². The number of nitrogens with zero attached hydrogens (tertiary/aromatic N) is 5. The second-order valence-electron chi connectivity index (χ2n) is 6.70. The lowest BCUT2D eigenvalue weighted by molar-refractivity contribution is 0.422. The van der Waals surface area contributed by atoms with E-state index in [9.17, 15) is 0 Å². The number of fused-ring (bicyclic) bond motifs is 1. The molecule has 7 nitrogen and oxygen atoms in total. The number of nitrogens with one attached hydrogen (secondary N) is 1. The number of hydrogen-bond donors (Lipinski definition) is 1. The van der Waals surface area contributed by atoms with Crippen molar-refractivity contribution in [2.75, 3.05) is 18.0 Å². The first-order valence-corrected chi connectivity index (χ1v) is 9.53. The van der Waals surface area contributed by atoms with Crippen LogP contribution in [0.3, 0.4) is 0 Å². The van der Waals surface area contributed by atoms with E-state index >= 15 is 0 Å². The molecule has 0 aliphatic carbocycles. The van der Waals surface area contributed by atoms with Crippen molar-refractivity contribution in [3.05, 3.63) is 41.9 Å². The third-order valence-electron chi connectivity index (χ3n) is 4.81. The summed E-state index contributed by atoms with van der Waals surface area (Å²) < 4.78 is 4.90. The number of imidazole rings is 1. The summed E-state index contributed by atoms with van der Waals surface area (Å²) in [6, 6.07) is 8.15. The highest BCUT2D eigenvalue weighted by Gasteiger charge is 2.26. The van der Waals surface area contributed by atoms with Crippen molar-refractivity contribution in [2.45, 2.75) is 25.7 Å². The maximum absolute atomic E-state index is 4.90. The highest BCUT2D eigenvalue weighted by molar-refractivity contribution is 7.18. The molecule has 1 aliphatic rings. The predicted octanol–water partition coefficient (Wildman–Crippen LogP) is 3.76. The largest absolute Gasteiger partial charge is 0.364 e. The van der Waals surface area contributed by atoms with Crippen LogP contribution >= 0.6 is 11.3 Å². The van der Waals surface area contributed by atoms with Crippen molar-refractivity contribution in [3.8, 4) is 10.7 Å². The summed E-state index contributed by atoms with van der Waals surface area (Å²) in [5.74, 6) is 1.44. The van der Waals surface area contributed by atoms with Gasteiger partial charge in [0.05, 0.1) is 11.0 Å². The lowest BCUT2D eigenvalue weighted by Gasteiger charge is -2.31. The fourth-order valence-electron chi connectivity index (χ4n) is 3.48. The average molecular weight is 366 g/mol. The molecular formula is C18H18N6OS. The number of piperidine rings is 1. The van der Waals surface area contributed by atoms with Crippen molar-refractivity contribution in [1.82, 2.24) is 25.3 Å². The van der Waals surface area contributed by atoms with Gasteiger partial charge in [0.15, 0.2) is 5.01 Å². The Balaban J connectivity index is 1.39. The molecule has 1 atom stereocenters. The molecule has 0 spiro atoms. The van der Waals surface area contributed by atoms with E-state index in [1.54, 1.807) is 23.7 Å². The molecule has 132 valence electrons. The smallest absolute Gasteiger partial charge is 0.208 e. The minimum Gasteiger partial charge on any atom is -0.364 e. The molecule has 1 aliphatic heterocycles. The number of H-pyrrole nitrogens is 1. The lowest BCUT2D eigenvalue weighted by Crippen LogP contribution is -2.34. The number of benzene rings is 1. The third kappa shape index (κ3) is 2.76. The molecule has 0 amide bonds. The van der Waals surface area contributed by atoms with E-state index < -0.39 is 0 Å². The molecule has 0 bridgehead atoms. The highest BCUT2D eigenvalue weighted by Crippen LogP contribution is 2.33. The van der Waals surface area contributed by atoms with Gasteiger partial charge in [-0.25, -0.2) is 4.98 Å². The van der Waals surface area contributed by atoms with Crippen LogP contribution in [0, 0.1) is 6.92 Å². The Hall–Kier alpha value is -2.74. The van der Waals surface area contributed by atoms with E-state index in [4.69, 9.17) is 9.51 Å². The molecule has 1 unspecified atom stereocenters. The predicted molar refractivity (Wildman–Crippen MR) is 100 cm³/mol. The summed E-state index contributed by atoms with van der Waals surface area (Å²) in [6.07, 6.45) is 3.79. The van der Waals surface area contributed by atoms with E-state index in [-0.39, 0.29) is 0 Å². The third-order valence-corrected chi connectivity index (χ3v) is 5.81. The van der Waals surface area contributed by atoms with Crippen LogP contribution in [0.4, 0.5) is 5.13 Å². The van der Waals surface area contributed by atoms with Crippen LogP contribution in [0.2, 0.25) is 0 Å². The van der Waals surface area contributed by atoms with E-state index in [0.29, 0.717) is 5.92 Å². The van der Waals surface area contributed by atoms with Crippen molar-refractivity contribution in [2.24, 2.45) is 0 Å². The second-order valence-corrected chi connectivity index (χ2v) is 7.66. The SMILES string of the molecule is Cc1ccc2nc(C3CCCN(c4nnc(-c5ccon5)s4)C3)[nH]c2c1. The summed E-state index contributed by atoms with van der Waals surface area (Å²) in [7, 11) is 0. The molecule has 4 heterocycles. The number of hydrogen-bond acceptors (Lipinski definition) is 7. The maximum Gasteiger partial charge on any atom is 0.208 e. The van der Waals surface area contributed by atoms with Gasteiger partial charge in [0.2, 0.25) is 5.13 Å². The van der Waals surface area contributed by atoms with E-state index in [0.717, 1.165) is 58.6 Å². The fourth-order valence-corrected chi connectivity index (χ4v) is 4.32. The fraction of sp³-hybridized carbons (Fsp3) is 0.333. The molecule has 3 aromatic heterocycles. The zero-order valence-corrected chi connectivity index (χ0v) is 15.2. The summed E-state index contributed by atoms with van der Waals surface area (Å²) in [5, 5.41) is 14.3. The molecule has 26 heavy (non-hydrogen) atoms. The molecule has 8 heteroatoms. The van der Waals surface area contributed by atoms with Gasteiger partial charge < -0.3 is 14.4 Å². The Morgan fingerprint density at radius 2 is 2.23 bits per heavy atom. The second kappa shape index (κ2) is 6.21. The minimum absolute atomic E-state index is 0.371. The van der Waals surface area contributed by atoms with Crippen LogP contribution in [-0.4, -0.2) is 38.4 Å². The number of anilines is 1. The molecular weight excluding hydrogens is 348 g/mol. The lowest BCUT2D eigenvalue weighted by atomic mass is 9.98. The summed E-state index contributed by atoms with van der Waals surface area (Å²) in [6.45, 7) is 3.99. The monoisotopic (exact) mass is 366 g/mol. The molecule has 1 N–H and O–H groups in total. The van der Waals surface area contributed by atoms with Crippen LogP contribution in [0.1, 0.15) is 30.1 Å². The van der Waals surface area contributed by atoms with E-state index in [1.165, 1.54) is 5.56 Å². The van der Waals surface area contributed by atoms with Gasteiger partial charge in [0, 0.05) is 25.1 Å². The van der Waals surface area contributed by atoms with Crippen molar-refractivity contribution < 1.29 is 4.52 Å². The quantitative estimate of drug-likeness (QED) is 0.594. The van der Waals surface area contributed by atoms with Gasteiger partial charge in [-0.2, -0.15) is 0 Å². The maximum atomic E-state index is 4.90. The van der Waals surface area contributed by atoms with Gasteiger partial charge >= 0.3 is 0 Å². The Morgan fingerprint density at radius 1 is 1.27 bits per heavy atom. The van der Waals surface area contributed by atoms with Gasteiger partial charge in [-0.05, 0) is 37.5 Å². The van der Waals surface area contributed by atoms with Crippen molar-refractivity contribution in [3.63, 3.8) is 0 Å². The number of aromatic nitrogens is 5. The highest BCUT2D eigenvalue weighted by atomic mass is 32.1. The van der Waals surface area contributed by atoms with E-state index in [2.05, 4.69) is 50.4 Å². The van der Waals surface area contributed by atoms with Gasteiger partial charge in [-0.1, -0.05) is 22.6 Å². The molecule has 4 aromatic rings. The van der Waals surface area contributed by atoms with E-state index in [1.807, 2.05) is 0 Å². The Bertz CT molecular complexity index is 1040. The Kier molecular flexibility index (Phi) is 3.70. The van der Waals surface area contributed by atoms with Crippen LogP contribution in [0.25, 0.3) is 21.7 Å². The average Bonchev–Trinajstić information content (AvgIpc) is 3.40. The molecule has 5 rings (SSSR count). The molecule has 1 saturated heterocycles. The minimum atomic E-state index is 0.371. The summed E-state index contributed by atoms with van der Waals surface area (Å²) >= 11 is 1.55. The Labute approximate surface area is 154 Å². The molecule has 0 saturated carbocycles. The first-order valence-electron chi connectivity index (χ1n) is 8.72. The standard InChI is InChI=1S/C18H18N6OS/c1-11-4-5-13-15(9-11)20-16(19-13)12-3-2-7-24(10-12)18-22-21-17(26-18)14-6-8-25-23-14/h4-6,8-9,12H,2-3,7,10H2,1H3,(H,19,20). The summed E-state index contributed by atoms with van der Waals surface area (Å²) in [5.41, 5.74) is 4.12. The first kappa shape index (κ1) is 15.5.